The number of ether oxygens (including phenoxy) is 1. The lowest BCUT2D eigenvalue weighted by Gasteiger charge is -2.31. The Morgan fingerprint density at radius 1 is 0.892 bits per heavy atom. The van der Waals surface area contributed by atoms with Crippen molar-refractivity contribution in [1.29, 1.82) is 0 Å². The summed E-state index contributed by atoms with van der Waals surface area (Å²) in [5.74, 6) is 0.187. The lowest BCUT2D eigenvalue weighted by atomic mass is 9.79. The number of carbonyl (C=O) groups excluding carboxylic acids is 2. The van der Waals surface area contributed by atoms with E-state index in [0.717, 1.165) is 36.6 Å². The highest BCUT2D eigenvalue weighted by molar-refractivity contribution is 6.06. The average Bonchev–Trinajstić information content (AvgIpc) is 3.36. The van der Waals surface area contributed by atoms with E-state index in [1.54, 1.807) is 0 Å². The first-order chi connectivity index (χ1) is 18.0. The summed E-state index contributed by atoms with van der Waals surface area (Å²) < 4.78 is 7.07. The Morgan fingerprint density at radius 3 is 2.30 bits per heavy atom. The van der Waals surface area contributed by atoms with Crippen molar-refractivity contribution >= 4 is 22.8 Å². The van der Waals surface area contributed by atoms with Crippen LogP contribution in [0.25, 0.3) is 22.0 Å². The lowest BCUT2D eigenvalue weighted by Crippen LogP contribution is -2.40. The number of aromatic nitrogens is 1. The molecule has 0 aliphatic heterocycles. The van der Waals surface area contributed by atoms with E-state index in [9.17, 15) is 9.59 Å². The molecule has 0 saturated heterocycles. The highest BCUT2D eigenvalue weighted by Crippen LogP contribution is 2.32. The first-order valence-corrected chi connectivity index (χ1v) is 13.1. The highest BCUT2D eigenvalue weighted by Gasteiger charge is 2.30. The largest absolute Gasteiger partial charge is 0.469 e. The second-order valence-corrected chi connectivity index (χ2v) is 10.1. The van der Waals surface area contributed by atoms with E-state index in [2.05, 4.69) is 83.7 Å². The van der Waals surface area contributed by atoms with Gasteiger partial charge in [-0.05, 0) is 67.3 Å². The van der Waals surface area contributed by atoms with Gasteiger partial charge in [-0.25, -0.2) is 0 Å². The Hall–Kier alpha value is -3.86. The minimum atomic E-state index is -0.114. The van der Waals surface area contributed by atoms with Crippen LogP contribution >= 0.6 is 0 Å². The fourth-order valence-electron chi connectivity index (χ4n) is 5.63. The third-order valence-electron chi connectivity index (χ3n) is 7.82. The van der Waals surface area contributed by atoms with Gasteiger partial charge in [0.05, 0.1) is 24.1 Å². The van der Waals surface area contributed by atoms with Gasteiger partial charge < -0.3 is 14.6 Å². The number of fused-ring (bicyclic) bond motifs is 1. The molecule has 1 amide bonds. The molecule has 1 N–H and O–H groups in total. The van der Waals surface area contributed by atoms with Crippen LogP contribution in [-0.4, -0.2) is 29.6 Å². The third kappa shape index (κ3) is 5.46. The molecule has 4 aromatic rings. The molecular formula is C32H34N2O3. The molecule has 0 bridgehead atoms. The van der Waals surface area contributed by atoms with Crippen LogP contribution < -0.4 is 5.32 Å². The molecule has 5 rings (SSSR count). The van der Waals surface area contributed by atoms with Crippen molar-refractivity contribution in [2.45, 2.75) is 45.2 Å². The van der Waals surface area contributed by atoms with Crippen LogP contribution in [0.5, 0.6) is 0 Å². The van der Waals surface area contributed by atoms with Crippen LogP contribution in [0, 0.1) is 11.8 Å². The monoisotopic (exact) mass is 494 g/mol. The molecule has 1 aliphatic carbocycles. The maximum Gasteiger partial charge on any atom is 0.308 e. The molecule has 0 radical (unpaired) electrons. The highest BCUT2D eigenvalue weighted by atomic mass is 16.5. The van der Waals surface area contributed by atoms with E-state index >= 15 is 0 Å². The number of benzene rings is 3. The summed E-state index contributed by atoms with van der Waals surface area (Å²) in [6.45, 7) is 2.77. The van der Waals surface area contributed by atoms with Gasteiger partial charge in [0.2, 0.25) is 0 Å². The number of hydrogen-bond acceptors (Lipinski definition) is 3. The molecule has 1 heterocycles. The molecule has 0 spiro atoms. The van der Waals surface area contributed by atoms with Gasteiger partial charge in [0, 0.05) is 24.2 Å². The number of esters is 1. The quantitative estimate of drug-likeness (QED) is 0.300. The van der Waals surface area contributed by atoms with Gasteiger partial charge in [-0.3, -0.25) is 9.59 Å². The molecule has 1 saturated carbocycles. The zero-order chi connectivity index (χ0) is 25.8. The number of hydrogen-bond donors (Lipinski definition) is 1. The van der Waals surface area contributed by atoms with Gasteiger partial charge in [0.15, 0.2) is 0 Å². The molecule has 3 aromatic carbocycles. The summed E-state index contributed by atoms with van der Waals surface area (Å²) in [7, 11) is 1.45. The minimum absolute atomic E-state index is 0.0112. The fourth-order valence-corrected chi connectivity index (χ4v) is 5.63. The average molecular weight is 495 g/mol. The van der Waals surface area contributed by atoms with Gasteiger partial charge in [0.25, 0.3) is 5.91 Å². The molecule has 1 aliphatic rings. The molecule has 5 heteroatoms. The van der Waals surface area contributed by atoms with Crippen molar-refractivity contribution in [3.63, 3.8) is 0 Å². The van der Waals surface area contributed by atoms with Crippen molar-refractivity contribution < 1.29 is 14.3 Å². The van der Waals surface area contributed by atoms with Crippen molar-refractivity contribution in [3.8, 4) is 11.1 Å². The van der Waals surface area contributed by atoms with E-state index in [4.69, 9.17) is 4.74 Å². The molecule has 190 valence electrons. The fraction of sp³-hybridized carbons (Fsp3) is 0.312. The van der Waals surface area contributed by atoms with E-state index < -0.39 is 0 Å². The Kier molecular flexibility index (Phi) is 7.40. The smallest absolute Gasteiger partial charge is 0.308 e. The predicted octanol–water partition coefficient (Wildman–Crippen LogP) is 6.45. The van der Waals surface area contributed by atoms with E-state index in [1.807, 2.05) is 18.2 Å². The molecule has 37 heavy (non-hydrogen) atoms. The summed E-state index contributed by atoms with van der Waals surface area (Å²) in [6, 6.07) is 27.0. The number of nitrogens with zero attached hydrogens (tertiary/aromatic N) is 1. The summed E-state index contributed by atoms with van der Waals surface area (Å²) in [5, 5.41) is 4.31. The molecule has 1 unspecified atom stereocenters. The predicted molar refractivity (Wildman–Crippen MR) is 147 cm³/mol. The van der Waals surface area contributed by atoms with Crippen LogP contribution in [0.15, 0.2) is 85.1 Å². The van der Waals surface area contributed by atoms with E-state index in [0.29, 0.717) is 18.0 Å². The molecule has 5 nitrogen and oxygen atoms in total. The molecular weight excluding hydrogens is 460 g/mol. The van der Waals surface area contributed by atoms with Crippen LogP contribution in [0.3, 0.4) is 0 Å². The zero-order valence-electron chi connectivity index (χ0n) is 21.5. The minimum Gasteiger partial charge on any atom is -0.469 e. The number of nitrogens with one attached hydrogen (secondary N) is 1. The molecule has 1 aromatic heterocycles. The summed E-state index contributed by atoms with van der Waals surface area (Å²) in [6.07, 6.45) is 5.53. The van der Waals surface area contributed by atoms with Crippen LogP contribution in [0.4, 0.5) is 0 Å². The van der Waals surface area contributed by atoms with E-state index in [1.165, 1.54) is 23.8 Å². The summed E-state index contributed by atoms with van der Waals surface area (Å²) in [5.41, 5.74) is 5.22. The number of methoxy groups -OCH3 is 1. The van der Waals surface area contributed by atoms with Gasteiger partial charge in [-0.1, -0.05) is 66.7 Å². The van der Waals surface area contributed by atoms with Gasteiger partial charge >= 0.3 is 5.97 Å². The molecule has 1 fully saturated rings. The van der Waals surface area contributed by atoms with E-state index in [-0.39, 0.29) is 23.8 Å². The Labute approximate surface area is 218 Å². The number of para-hydroxylation sites is 1. The zero-order valence-corrected chi connectivity index (χ0v) is 21.5. The lowest BCUT2D eigenvalue weighted by molar-refractivity contribution is -0.146. The Morgan fingerprint density at radius 2 is 1.59 bits per heavy atom. The standard InChI is InChI=1S/C32H34N2O3/c1-22(24-15-17-28(18-16-24)32(36)37-2)33-31(35)29-10-6-9-27-19-20-34(30(27)29)21-23-11-13-26(14-12-23)25-7-4-3-5-8-25/h3-14,19-20,22,24,28H,15-18,21H2,1-2H3,(H,33,35). The van der Waals surface area contributed by atoms with Crippen molar-refractivity contribution in [3.05, 3.63) is 96.2 Å². The maximum atomic E-state index is 13.4. The topological polar surface area (TPSA) is 60.3 Å². The third-order valence-corrected chi connectivity index (χ3v) is 7.82. The normalized spacial score (nSPS) is 18.3. The summed E-state index contributed by atoms with van der Waals surface area (Å²) in [4.78, 5) is 25.3. The first-order valence-electron chi connectivity index (χ1n) is 13.1. The SMILES string of the molecule is COC(=O)C1CCC(C(C)NC(=O)c2cccc3ccn(Cc4ccc(-c5ccccc5)cc4)c23)CC1. The second kappa shape index (κ2) is 11.0. The van der Waals surface area contributed by atoms with Gasteiger partial charge in [0.1, 0.15) is 0 Å². The number of amides is 1. The van der Waals surface area contributed by atoms with Crippen molar-refractivity contribution in [2.75, 3.05) is 7.11 Å². The Bertz CT molecular complexity index is 1370. The Balaban J connectivity index is 1.30. The molecule has 1 atom stereocenters. The van der Waals surface area contributed by atoms with Gasteiger partial charge in [-0.15, -0.1) is 0 Å². The van der Waals surface area contributed by atoms with Crippen molar-refractivity contribution in [2.24, 2.45) is 11.8 Å². The summed E-state index contributed by atoms with van der Waals surface area (Å²) >= 11 is 0. The second-order valence-electron chi connectivity index (χ2n) is 10.1. The first kappa shape index (κ1) is 24.8. The number of rotatable bonds is 7. The maximum absolute atomic E-state index is 13.4. The van der Waals surface area contributed by atoms with Crippen LogP contribution in [0.1, 0.15) is 48.5 Å². The van der Waals surface area contributed by atoms with Crippen LogP contribution in [-0.2, 0) is 16.1 Å². The van der Waals surface area contributed by atoms with Crippen molar-refractivity contribution in [1.82, 2.24) is 9.88 Å². The number of carbonyl (C=O) groups is 2. The van der Waals surface area contributed by atoms with Crippen LogP contribution in [0.2, 0.25) is 0 Å². The van der Waals surface area contributed by atoms with Gasteiger partial charge in [-0.2, -0.15) is 0 Å².